The summed E-state index contributed by atoms with van der Waals surface area (Å²) in [6.07, 6.45) is 0.980. The highest BCUT2D eigenvalue weighted by atomic mass is 16.5. The van der Waals surface area contributed by atoms with Crippen LogP contribution >= 0.6 is 0 Å². The average Bonchev–Trinajstić information content (AvgIpc) is 2.03. The molecule has 0 aromatic carbocycles. The molecular formula is C9H19NO2. The monoisotopic (exact) mass is 173 g/mol. The lowest BCUT2D eigenvalue weighted by Crippen LogP contribution is -2.50. The molecule has 1 saturated heterocycles. The third-order valence-electron chi connectivity index (χ3n) is 2.43. The number of hydrogen-bond donors (Lipinski definition) is 2. The highest BCUT2D eigenvalue weighted by Gasteiger charge is 2.33. The molecule has 0 spiro atoms. The van der Waals surface area contributed by atoms with Crippen molar-refractivity contribution < 1.29 is 9.84 Å². The van der Waals surface area contributed by atoms with Crippen LogP contribution < -0.4 is 5.32 Å². The number of aliphatic hydroxyl groups excluding tert-OH is 1. The molecule has 3 heteroatoms. The minimum atomic E-state index is 0.230. The van der Waals surface area contributed by atoms with Gasteiger partial charge in [-0.1, -0.05) is 13.8 Å². The summed E-state index contributed by atoms with van der Waals surface area (Å²) in [5.41, 5.74) is 0.308. The van der Waals surface area contributed by atoms with E-state index in [0.29, 0.717) is 5.41 Å². The van der Waals surface area contributed by atoms with Crippen molar-refractivity contribution in [3.63, 3.8) is 0 Å². The van der Waals surface area contributed by atoms with E-state index in [1.54, 1.807) is 0 Å². The maximum absolute atomic E-state index is 8.92. The largest absolute Gasteiger partial charge is 0.395 e. The molecule has 0 radical (unpaired) electrons. The van der Waals surface area contributed by atoms with Crippen molar-refractivity contribution in [2.75, 3.05) is 26.4 Å². The van der Waals surface area contributed by atoms with Gasteiger partial charge in [-0.3, -0.25) is 0 Å². The summed E-state index contributed by atoms with van der Waals surface area (Å²) >= 11 is 0. The first-order valence-electron chi connectivity index (χ1n) is 4.62. The van der Waals surface area contributed by atoms with Crippen molar-refractivity contribution in [2.45, 2.75) is 26.3 Å². The van der Waals surface area contributed by atoms with Gasteiger partial charge in [0.05, 0.1) is 19.8 Å². The lowest BCUT2D eigenvalue weighted by atomic mass is 9.88. The molecule has 1 aliphatic heterocycles. The van der Waals surface area contributed by atoms with Crippen LogP contribution in [0.5, 0.6) is 0 Å². The van der Waals surface area contributed by atoms with Crippen LogP contribution in [0.15, 0.2) is 0 Å². The minimum absolute atomic E-state index is 0.230. The fourth-order valence-electron chi connectivity index (χ4n) is 1.28. The van der Waals surface area contributed by atoms with E-state index in [1.165, 1.54) is 0 Å². The number of aliphatic hydroxyl groups is 1. The van der Waals surface area contributed by atoms with Crippen LogP contribution in [0.25, 0.3) is 0 Å². The minimum Gasteiger partial charge on any atom is -0.395 e. The molecular weight excluding hydrogens is 154 g/mol. The molecule has 1 aliphatic rings. The van der Waals surface area contributed by atoms with Crippen LogP contribution in [0.4, 0.5) is 0 Å². The molecule has 0 aromatic heterocycles. The van der Waals surface area contributed by atoms with E-state index >= 15 is 0 Å². The third kappa shape index (κ3) is 2.44. The van der Waals surface area contributed by atoms with Crippen LogP contribution in [0.2, 0.25) is 0 Å². The van der Waals surface area contributed by atoms with E-state index in [-0.39, 0.29) is 12.6 Å². The van der Waals surface area contributed by atoms with E-state index in [1.807, 2.05) is 0 Å². The SMILES string of the molecule is CC[C@@H](CO)NCC1(C)COC1. The molecule has 0 aliphatic carbocycles. The van der Waals surface area contributed by atoms with Crippen molar-refractivity contribution in [3.8, 4) is 0 Å². The van der Waals surface area contributed by atoms with Gasteiger partial charge in [0, 0.05) is 18.0 Å². The Bertz CT molecular complexity index is 130. The Hall–Kier alpha value is -0.120. The fraction of sp³-hybridized carbons (Fsp3) is 1.00. The molecule has 3 nitrogen and oxygen atoms in total. The first-order valence-corrected chi connectivity index (χ1v) is 4.62. The van der Waals surface area contributed by atoms with Crippen LogP contribution in [-0.4, -0.2) is 37.5 Å². The standard InChI is InChI=1S/C9H19NO2/c1-3-8(4-11)10-5-9(2)6-12-7-9/h8,10-11H,3-7H2,1-2H3/t8-/m0/s1. The van der Waals surface area contributed by atoms with Gasteiger partial charge in [-0.05, 0) is 6.42 Å². The van der Waals surface area contributed by atoms with Gasteiger partial charge in [0.15, 0.2) is 0 Å². The Morgan fingerprint density at radius 1 is 1.58 bits per heavy atom. The van der Waals surface area contributed by atoms with Crippen LogP contribution in [0, 0.1) is 5.41 Å². The molecule has 1 atom stereocenters. The van der Waals surface area contributed by atoms with E-state index in [0.717, 1.165) is 26.2 Å². The second-order valence-corrected chi connectivity index (χ2v) is 3.97. The lowest BCUT2D eigenvalue weighted by Gasteiger charge is -2.39. The fourth-order valence-corrected chi connectivity index (χ4v) is 1.28. The quantitative estimate of drug-likeness (QED) is 0.631. The first-order chi connectivity index (χ1) is 5.70. The molecule has 0 bridgehead atoms. The van der Waals surface area contributed by atoms with E-state index in [2.05, 4.69) is 19.2 Å². The second-order valence-electron chi connectivity index (χ2n) is 3.97. The topological polar surface area (TPSA) is 41.5 Å². The van der Waals surface area contributed by atoms with Crippen LogP contribution in [0.1, 0.15) is 20.3 Å². The average molecular weight is 173 g/mol. The van der Waals surface area contributed by atoms with E-state index in [9.17, 15) is 0 Å². The molecule has 72 valence electrons. The van der Waals surface area contributed by atoms with Crippen molar-refractivity contribution in [1.29, 1.82) is 0 Å². The zero-order chi connectivity index (χ0) is 9.03. The number of ether oxygens (including phenoxy) is 1. The Labute approximate surface area is 74.1 Å². The van der Waals surface area contributed by atoms with E-state index < -0.39 is 0 Å². The second kappa shape index (κ2) is 4.21. The van der Waals surface area contributed by atoms with Crippen molar-refractivity contribution >= 4 is 0 Å². The predicted molar refractivity (Wildman–Crippen MR) is 48.1 cm³/mol. The Balaban J connectivity index is 2.14. The highest BCUT2D eigenvalue weighted by molar-refractivity contribution is 4.84. The molecule has 1 fully saturated rings. The molecule has 0 aromatic rings. The maximum atomic E-state index is 8.92. The molecule has 0 unspecified atom stereocenters. The van der Waals surface area contributed by atoms with Gasteiger partial charge < -0.3 is 15.2 Å². The number of rotatable bonds is 5. The number of hydrogen-bond acceptors (Lipinski definition) is 3. The van der Waals surface area contributed by atoms with Gasteiger partial charge >= 0.3 is 0 Å². The summed E-state index contributed by atoms with van der Waals surface area (Å²) in [6.45, 7) is 7.16. The number of nitrogens with one attached hydrogen (secondary N) is 1. The molecule has 0 amide bonds. The van der Waals surface area contributed by atoms with Crippen molar-refractivity contribution in [3.05, 3.63) is 0 Å². The Morgan fingerprint density at radius 3 is 2.58 bits per heavy atom. The van der Waals surface area contributed by atoms with Gasteiger partial charge in [-0.25, -0.2) is 0 Å². The van der Waals surface area contributed by atoms with Crippen LogP contribution in [-0.2, 0) is 4.74 Å². The molecule has 12 heavy (non-hydrogen) atoms. The molecule has 1 heterocycles. The summed E-state index contributed by atoms with van der Waals surface area (Å²) in [6, 6.07) is 0.252. The maximum Gasteiger partial charge on any atom is 0.0584 e. The predicted octanol–water partition coefficient (Wildman–Crippen LogP) is 0.383. The van der Waals surface area contributed by atoms with Gasteiger partial charge in [-0.15, -0.1) is 0 Å². The van der Waals surface area contributed by atoms with Crippen LogP contribution in [0.3, 0.4) is 0 Å². The summed E-state index contributed by atoms with van der Waals surface area (Å²) in [5, 5.41) is 12.3. The van der Waals surface area contributed by atoms with Gasteiger partial charge in [0.2, 0.25) is 0 Å². The summed E-state index contributed by atoms with van der Waals surface area (Å²) in [7, 11) is 0. The smallest absolute Gasteiger partial charge is 0.0584 e. The lowest BCUT2D eigenvalue weighted by molar-refractivity contribution is -0.100. The summed E-state index contributed by atoms with van der Waals surface area (Å²) < 4.78 is 5.13. The van der Waals surface area contributed by atoms with Crippen molar-refractivity contribution in [1.82, 2.24) is 5.32 Å². The van der Waals surface area contributed by atoms with E-state index in [4.69, 9.17) is 9.84 Å². The van der Waals surface area contributed by atoms with Gasteiger partial charge in [-0.2, -0.15) is 0 Å². The summed E-state index contributed by atoms with van der Waals surface area (Å²) in [5.74, 6) is 0. The van der Waals surface area contributed by atoms with Gasteiger partial charge in [0.25, 0.3) is 0 Å². The third-order valence-corrected chi connectivity index (χ3v) is 2.43. The normalized spacial score (nSPS) is 23.2. The first kappa shape index (κ1) is 9.96. The molecule has 2 N–H and O–H groups in total. The van der Waals surface area contributed by atoms with Crippen molar-refractivity contribution in [2.24, 2.45) is 5.41 Å². The highest BCUT2D eigenvalue weighted by Crippen LogP contribution is 2.25. The Kier molecular flexibility index (Phi) is 3.50. The van der Waals surface area contributed by atoms with Gasteiger partial charge in [0.1, 0.15) is 0 Å². The zero-order valence-electron chi connectivity index (χ0n) is 7.97. The molecule has 1 rings (SSSR count). The Morgan fingerprint density at radius 2 is 2.25 bits per heavy atom. The zero-order valence-corrected chi connectivity index (χ0v) is 7.97. The summed E-state index contributed by atoms with van der Waals surface area (Å²) in [4.78, 5) is 0. The molecule has 0 saturated carbocycles.